The average molecular weight is 390 g/mol. The predicted octanol–water partition coefficient (Wildman–Crippen LogP) is 3.59. The van der Waals surface area contributed by atoms with E-state index in [9.17, 15) is 0 Å². The number of nitrogens with two attached hydrogens (primary N) is 1. The monoisotopic (exact) mass is 389 g/mol. The van der Waals surface area contributed by atoms with Crippen molar-refractivity contribution in [3.8, 4) is 22.4 Å². The summed E-state index contributed by atoms with van der Waals surface area (Å²) in [7, 11) is 0. The Morgan fingerprint density at radius 3 is 2.55 bits per heavy atom. The highest BCUT2D eigenvalue weighted by Crippen LogP contribution is 2.33. The van der Waals surface area contributed by atoms with Gasteiger partial charge >= 0.3 is 0 Å². The number of benzene rings is 1. The van der Waals surface area contributed by atoms with Crippen LogP contribution in [0.5, 0.6) is 0 Å². The van der Waals surface area contributed by atoms with Crippen molar-refractivity contribution in [1.29, 1.82) is 0 Å². The van der Waals surface area contributed by atoms with Crippen molar-refractivity contribution in [2.45, 2.75) is 39.5 Å². The molecule has 0 saturated carbocycles. The lowest BCUT2D eigenvalue weighted by Gasteiger charge is -2.35. The van der Waals surface area contributed by atoms with Gasteiger partial charge in [0.15, 0.2) is 0 Å². The lowest BCUT2D eigenvalue weighted by atomic mass is 9.97. The van der Waals surface area contributed by atoms with E-state index in [0.717, 1.165) is 52.7 Å². The number of aromatic nitrogens is 3. The molecule has 2 atom stereocenters. The van der Waals surface area contributed by atoms with Gasteiger partial charge in [-0.1, -0.05) is 24.3 Å². The summed E-state index contributed by atoms with van der Waals surface area (Å²) < 4.78 is 5.87. The van der Waals surface area contributed by atoms with E-state index >= 15 is 0 Å². The summed E-state index contributed by atoms with van der Waals surface area (Å²) in [4.78, 5) is 16.3. The van der Waals surface area contributed by atoms with E-state index in [4.69, 9.17) is 20.4 Å². The smallest absolute Gasteiger partial charge is 0.226 e. The van der Waals surface area contributed by atoms with Crippen LogP contribution >= 0.6 is 0 Å². The van der Waals surface area contributed by atoms with Crippen LogP contribution in [0.25, 0.3) is 22.4 Å². The molecule has 0 bridgehead atoms. The molecule has 3 heterocycles. The molecular formula is C23H27N5O. The van der Waals surface area contributed by atoms with Crippen LogP contribution in [0.3, 0.4) is 0 Å². The second kappa shape index (κ2) is 8.27. The first kappa shape index (κ1) is 19.5. The van der Waals surface area contributed by atoms with Crippen LogP contribution in [0.1, 0.15) is 25.1 Å². The molecule has 6 nitrogen and oxygen atoms in total. The van der Waals surface area contributed by atoms with E-state index in [1.165, 1.54) is 0 Å². The van der Waals surface area contributed by atoms with E-state index in [1.54, 1.807) is 0 Å². The van der Waals surface area contributed by atoms with E-state index < -0.39 is 0 Å². The Bertz CT molecular complexity index is 996. The second-order valence-corrected chi connectivity index (χ2v) is 7.64. The lowest BCUT2D eigenvalue weighted by molar-refractivity contribution is -0.00571. The van der Waals surface area contributed by atoms with Gasteiger partial charge in [-0.3, -0.25) is 4.98 Å². The molecule has 2 aromatic heterocycles. The molecule has 0 radical (unpaired) electrons. The van der Waals surface area contributed by atoms with Crippen molar-refractivity contribution >= 4 is 5.95 Å². The Labute approximate surface area is 171 Å². The zero-order chi connectivity index (χ0) is 20.4. The summed E-state index contributed by atoms with van der Waals surface area (Å²) in [6.45, 7) is 8.16. The highest BCUT2D eigenvalue weighted by molar-refractivity contribution is 5.82. The van der Waals surface area contributed by atoms with Crippen molar-refractivity contribution in [1.82, 2.24) is 15.0 Å². The van der Waals surface area contributed by atoms with E-state index in [-0.39, 0.29) is 12.2 Å². The average Bonchev–Trinajstić information content (AvgIpc) is 2.72. The molecule has 0 unspecified atom stereocenters. The van der Waals surface area contributed by atoms with Gasteiger partial charge in [-0.15, -0.1) is 0 Å². The SMILES string of the molecule is Cc1cc(-c2cnc(N3C[C@@H](C)O[C@@H](C)C3)nc2-c2ccccc2CN)ccn1. The van der Waals surface area contributed by atoms with Gasteiger partial charge in [-0.2, -0.15) is 0 Å². The summed E-state index contributed by atoms with van der Waals surface area (Å²) in [5.41, 5.74) is 12.0. The first-order chi connectivity index (χ1) is 14.0. The molecule has 150 valence electrons. The number of anilines is 1. The first-order valence-corrected chi connectivity index (χ1v) is 10.0. The molecule has 1 saturated heterocycles. The zero-order valence-corrected chi connectivity index (χ0v) is 17.2. The Morgan fingerprint density at radius 1 is 1.07 bits per heavy atom. The molecule has 1 aliphatic heterocycles. The highest BCUT2D eigenvalue weighted by atomic mass is 16.5. The van der Waals surface area contributed by atoms with Crippen LogP contribution in [0.2, 0.25) is 0 Å². The molecule has 1 aromatic carbocycles. The maximum absolute atomic E-state index is 6.04. The van der Waals surface area contributed by atoms with E-state index in [2.05, 4.69) is 41.9 Å². The predicted molar refractivity (Wildman–Crippen MR) is 116 cm³/mol. The molecule has 6 heteroatoms. The topological polar surface area (TPSA) is 77.2 Å². The largest absolute Gasteiger partial charge is 0.372 e. The van der Waals surface area contributed by atoms with Crippen molar-refractivity contribution in [3.63, 3.8) is 0 Å². The number of hydrogen-bond donors (Lipinski definition) is 1. The number of hydrogen-bond acceptors (Lipinski definition) is 6. The summed E-state index contributed by atoms with van der Waals surface area (Å²) in [5, 5.41) is 0. The Kier molecular flexibility index (Phi) is 5.56. The Hall–Kier alpha value is -2.83. The van der Waals surface area contributed by atoms with Gasteiger partial charge in [-0.25, -0.2) is 9.97 Å². The molecule has 1 aliphatic rings. The van der Waals surface area contributed by atoms with Gasteiger partial charge in [0.2, 0.25) is 5.95 Å². The maximum Gasteiger partial charge on any atom is 0.226 e. The highest BCUT2D eigenvalue weighted by Gasteiger charge is 2.25. The third kappa shape index (κ3) is 4.13. The van der Waals surface area contributed by atoms with Crippen LogP contribution in [-0.4, -0.2) is 40.2 Å². The van der Waals surface area contributed by atoms with Gasteiger partial charge in [0, 0.05) is 48.8 Å². The van der Waals surface area contributed by atoms with Gasteiger partial charge in [0.1, 0.15) is 0 Å². The number of rotatable bonds is 4. The van der Waals surface area contributed by atoms with E-state index in [0.29, 0.717) is 6.54 Å². The van der Waals surface area contributed by atoms with Crippen molar-refractivity contribution < 1.29 is 4.74 Å². The third-order valence-electron chi connectivity index (χ3n) is 5.18. The standard InChI is InChI=1S/C23H27N5O/c1-15-10-18(8-9-25-15)21-12-26-23(28-13-16(2)29-17(3)14-28)27-22(21)20-7-5-4-6-19(20)11-24/h4-10,12,16-17H,11,13-14,24H2,1-3H3/t16-,17+. The number of morpholine rings is 1. The van der Waals surface area contributed by atoms with E-state index in [1.807, 2.05) is 37.5 Å². The van der Waals surface area contributed by atoms with Gasteiger partial charge < -0.3 is 15.4 Å². The molecule has 4 rings (SSSR count). The van der Waals surface area contributed by atoms with Crippen molar-refractivity contribution in [3.05, 3.63) is 60.0 Å². The summed E-state index contributed by atoms with van der Waals surface area (Å²) in [6.07, 6.45) is 4.03. The van der Waals surface area contributed by atoms with Crippen LogP contribution in [0, 0.1) is 6.92 Å². The zero-order valence-electron chi connectivity index (χ0n) is 17.2. The number of aryl methyl sites for hydroxylation is 1. The van der Waals surface area contributed by atoms with Crippen molar-refractivity contribution in [2.24, 2.45) is 5.73 Å². The minimum absolute atomic E-state index is 0.143. The molecule has 3 aromatic rings. The first-order valence-electron chi connectivity index (χ1n) is 10.0. The maximum atomic E-state index is 6.04. The van der Waals surface area contributed by atoms with Crippen LogP contribution < -0.4 is 10.6 Å². The fraction of sp³-hybridized carbons (Fsp3) is 0.348. The second-order valence-electron chi connectivity index (χ2n) is 7.64. The normalized spacial score (nSPS) is 19.4. The minimum Gasteiger partial charge on any atom is -0.372 e. The summed E-state index contributed by atoms with van der Waals surface area (Å²) in [5.74, 6) is 0.725. The van der Waals surface area contributed by atoms with Gasteiger partial charge in [0.05, 0.1) is 17.9 Å². The molecule has 0 amide bonds. The lowest BCUT2D eigenvalue weighted by Crippen LogP contribution is -2.46. The van der Waals surface area contributed by atoms with Crippen LogP contribution in [0.4, 0.5) is 5.95 Å². The van der Waals surface area contributed by atoms with Crippen LogP contribution in [-0.2, 0) is 11.3 Å². The quantitative estimate of drug-likeness (QED) is 0.735. The molecule has 0 aliphatic carbocycles. The van der Waals surface area contributed by atoms with Gasteiger partial charge in [-0.05, 0) is 44.0 Å². The minimum atomic E-state index is 0.143. The molecule has 1 fully saturated rings. The van der Waals surface area contributed by atoms with Crippen LogP contribution in [0.15, 0.2) is 48.8 Å². The summed E-state index contributed by atoms with van der Waals surface area (Å²) >= 11 is 0. The summed E-state index contributed by atoms with van der Waals surface area (Å²) in [6, 6.07) is 12.2. The Morgan fingerprint density at radius 2 is 1.83 bits per heavy atom. The molecular weight excluding hydrogens is 362 g/mol. The fourth-order valence-corrected chi connectivity index (χ4v) is 3.93. The molecule has 0 spiro atoms. The molecule has 29 heavy (non-hydrogen) atoms. The van der Waals surface area contributed by atoms with Gasteiger partial charge in [0.25, 0.3) is 0 Å². The molecule has 2 N–H and O–H groups in total. The number of nitrogens with zero attached hydrogens (tertiary/aromatic N) is 4. The Balaban J connectivity index is 1.86. The van der Waals surface area contributed by atoms with Crippen molar-refractivity contribution in [2.75, 3.05) is 18.0 Å². The number of pyridine rings is 1. The fourth-order valence-electron chi connectivity index (χ4n) is 3.93. The third-order valence-corrected chi connectivity index (χ3v) is 5.18. The number of ether oxygens (including phenoxy) is 1.